The van der Waals surface area contributed by atoms with Crippen molar-refractivity contribution in [1.82, 2.24) is 0 Å². The fourth-order valence-electron chi connectivity index (χ4n) is 2.34. The van der Waals surface area contributed by atoms with Crippen molar-refractivity contribution in [1.29, 1.82) is 0 Å². The standard InChI is InChI=1S/C13H27P/c1-2-3-4-5-9-12-14-13-10-7-6-8-11-13/h13-14H,2-12H2,1H3. The Bertz CT molecular complexity index is 116. The van der Waals surface area contributed by atoms with Gasteiger partial charge in [0, 0.05) is 0 Å². The SMILES string of the molecule is CCCCCCCPC1CCCCC1. The van der Waals surface area contributed by atoms with Crippen LogP contribution in [-0.2, 0) is 0 Å². The summed E-state index contributed by atoms with van der Waals surface area (Å²) in [5.41, 5.74) is 1.13. The van der Waals surface area contributed by atoms with Crippen molar-refractivity contribution in [2.24, 2.45) is 0 Å². The van der Waals surface area contributed by atoms with Gasteiger partial charge in [-0.3, -0.25) is 0 Å². The Hall–Kier alpha value is 0.430. The molecule has 1 saturated carbocycles. The first-order chi connectivity index (χ1) is 6.93. The maximum absolute atomic E-state index is 2.30. The highest BCUT2D eigenvalue weighted by atomic mass is 31.1. The molecule has 14 heavy (non-hydrogen) atoms. The second-order valence-electron chi connectivity index (χ2n) is 4.70. The molecule has 0 radical (unpaired) electrons. The lowest BCUT2D eigenvalue weighted by molar-refractivity contribution is 0.512. The first-order valence-electron chi connectivity index (χ1n) is 6.67. The number of hydrogen-bond donors (Lipinski definition) is 0. The molecule has 0 heterocycles. The lowest BCUT2D eigenvalue weighted by Gasteiger charge is -2.21. The lowest BCUT2D eigenvalue weighted by Crippen LogP contribution is -2.06. The van der Waals surface area contributed by atoms with Gasteiger partial charge in [0.25, 0.3) is 0 Å². The van der Waals surface area contributed by atoms with Crippen LogP contribution in [0.4, 0.5) is 0 Å². The average Bonchev–Trinajstić information content (AvgIpc) is 2.25. The van der Waals surface area contributed by atoms with E-state index in [0.29, 0.717) is 0 Å². The molecule has 0 bridgehead atoms. The molecule has 0 amide bonds. The Kier molecular flexibility index (Phi) is 7.78. The molecule has 1 aliphatic carbocycles. The minimum atomic E-state index is 1.13. The molecule has 0 saturated heterocycles. The third-order valence-corrected chi connectivity index (χ3v) is 5.12. The number of unbranched alkanes of at least 4 members (excludes halogenated alkanes) is 4. The summed E-state index contributed by atoms with van der Waals surface area (Å²) < 4.78 is 0. The Morgan fingerprint density at radius 3 is 2.36 bits per heavy atom. The highest BCUT2D eigenvalue weighted by Crippen LogP contribution is 2.33. The first kappa shape index (κ1) is 12.5. The summed E-state index contributed by atoms with van der Waals surface area (Å²) in [4.78, 5) is 0. The molecular formula is C13H27P. The van der Waals surface area contributed by atoms with E-state index in [1.54, 1.807) is 12.8 Å². The van der Waals surface area contributed by atoms with Gasteiger partial charge in [0.1, 0.15) is 0 Å². The van der Waals surface area contributed by atoms with Crippen molar-refractivity contribution in [2.75, 3.05) is 6.16 Å². The molecule has 0 aliphatic heterocycles. The molecular weight excluding hydrogens is 187 g/mol. The quantitative estimate of drug-likeness (QED) is 0.414. The minimum absolute atomic E-state index is 1.13. The van der Waals surface area contributed by atoms with E-state index in [1.165, 1.54) is 66.1 Å². The first-order valence-corrected chi connectivity index (χ1v) is 7.95. The van der Waals surface area contributed by atoms with Gasteiger partial charge in [0.2, 0.25) is 0 Å². The van der Waals surface area contributed by atoms with E-state index in [-0.39, 0.29) is 0 Å². The molecule has 84 valence electrons. The Labute approximate surface area is 92.0 Å². The van der Waals surface area contributed by atoms with Gasteiger partial charge in [-0.1, -0.05) is 51.9 Å². The molecule has 0 nitrogen and oxygen atoms in total. The molecule has 0 aromatic carbocycles. The smallest absolute Gasteiger partial charge is 0.0237 e. The van der Waals surface area contributed by atoms with Gasteiger partial charge < -0.3 is 0 Å². The zero-order chi connectivity index (χ0) is 10.1. The molecule has 1 aliphatic rings. The maximum atomic E-state index is 2.30. The monoisotopic (exact) mass is 214 g/mol. The van der Waals surface area contributed by atoms with Crippen molar-refractivity contribution in [3.05, 3.63) is 0 Å². The van der Waals surface area contributed by atoms with Crippen molar-refractivity contribution in [3.8, 4) is 0 Å². The van der Waals surface area contributed by atoms with Crippen LogP contribution in [0.1, 0.15) is 71.1 Å². The summed E-state index contributed by atoms with van der Waals surface area (Å²) >= 11 is 0. The van der Waals surface area contributed by atoms with Crippen LogP contribution in [0.3, 0.4) is 0 Å². The third-order valence-electron chi connectivity index (χ3n) is 3.32. The summed E-state index contributed by atoms with van der Waals surface area (Å²) in [7, 11) is 1.29. The largest absolute Gasteiger partial charge is 0.119 e. The topological polar surface area (TPSA) is 0 Å². The van der Waals surface area contributed by atoms with Crippen LogP contribution in [0, 0.1) is 0 Å². The predicted molar refractivity (Wildman–Crippen MR) is 68.8 cm³/mol. The minimum Gasteiger partial charge on any atom is -0.119 e. The molecule has 0 aromatic heterocycles. The van der Waals surface area contributed by atoms with E-state index in [4.69, 9.17) is 0 Å². The van der Waals surface area contributed by atoms with E-state index >= 15 is 0 Å². The lowest BCUT2D eigenvalue weighted by atomic mass is 10.0. The molecule has 1 fully saturated rings. The molecule has 1 heteroatoms. The zero-order valence-corrected chi connectivity index (χ0v) is 10.9. The zero-order valence-electron chi connectivity index (χ0n) is 9.86. The summed E-state index contributed by atoms with van der Waals surface area (Å²) in [5, 5.41) is 0. The van der Waals surface area contributed by atoms with Crippen LogP contribution in [0.2, 0.25) is 0 Å². The summed E-state index contributed by atoms with van der Waals surface area (Å²) in [6.45, 7) is 2.30. The summed E-state index contributed by atoms with van der Waals surface area (Å²) in [5.74, 6) is 0. The molecule has 0 N–H and O–H groups in total. The molecule has 1 rings (SSSR count). The van der Waals surface area contributed by atoms with E-state index in [2.05, 4.69) is 6.92 Å². The van der Waals surface area contributed by atoms with Crippen molar-refractivity contribution in [3.63, 3.8) is 0 Å². The molecule has 1 atom stereocenters. The average molecular weight is 214 g/mol. The van der Waals surface area contributed by atoms with Gasteiger partial charge in [-0.2, -0.15) is 0 Å². The van der Waals surface area contributed by atoms with Crippen LogP contribution in [-0.4, -0.2) is 11.8 Å². The second kappa shape index (κ2) is 8.72. The van der Waals surface area contributed by atoms with Crippen molar-refractivity contribution >= 4 is 8.58 Å². The van der Waals surface area contributed by atoms with E-state index in [9.17, 15) is 0 Å². The van der Waals surface area contributed by atoms with Crippen LogP contribution < -0.4 is 0 Å². The Morgan fingerprint density at radius 1 is 0.929 bits per heavy atom. The Balaban J connectivity index is 1.82. The fourth-order valence-corrected chi connectivity index (χ4v) is 4.02. The van der Waals surface area contributed by atoms with Crippen molar-refractivity contribution in [2.45, 2.75) is 76.8 Å². The molecule has 1 unspecified atom stereocenters. The summed E-state index contributed by atoms with van der Waals surface area (Å²) in [6, 6.07) is 0. The summed E-state index contributed by atoms with van der Waals surface area (Å²) in [6.07, 6.45) is 16.5. The molecule has 0 spiro atoms. The van der Waals surface area contributed by atoms with E-state index < -0.39 is 0 Å². The fraction of sp³-hybridized carbons (Fsp3) is 1.00. The van der Waals surface area contributed by atoms with E-state index in [1.807, 2.05) is 0 Å². The third kappa shape index (κ3) is 6.02. The van der Waals surface area contributed by atoms with Gasteiger partial charge in [-0.05, 0) is 31.1 Å². The highest BCUT2D eigenvalue weighted by molar-refractivity contribution is 7.38. The van der Waals surface area contributed by atoms with Gasteiger partial charge in [-0.25, -0.2) is 0 Å². The number of rotatable bonds is 7. The maximum Gasteiger partial charge on any atom is -0.0237 e. The van der Waals surface area contributed by atoms with Crippen LogP contribution in [0.15, 0.2) is 0 Å². The number of hydrogen-bond acceptors (Lipinski definition) is 0. The predicted octanol–water partition coefficient (Wildman–Crippen LogP) is 4.97. The van der Waals surface area contributed by atoms with Gasteiger partial charge in [0.05, 0.1) is 0 Å². The van der Waals surface area contributed by atoms with Crippen LogP contribution in [0.5, 0.6) is 0 Å². The Morgan fingerprint density at radius 2 is 1.64 bits per heavy atom. The molecule has 0 aromatic rings. The van der Waals surface area contributed by atoms with Crippen molar-refractivity contribution < 1.29 is 0 Å². The van der Waals surface area contributed by atoms with Crippen LogP contribution >= 0.6 is 8.58 Å². The van der Waals surface area contributed by atoms with Gasteiger partial charge >= 0.3 is 0 Å². The highest BCUT2D eigenvalue weighted by Gasteiger charge is 2.11. The van der Waals surface area contributed by atoms with E-state index in [0.717, 1.165) is 5.66 Å². The second-order valence-corrected chi connectivity index (χ2v) is 6.43. The van der Waals surface area contributed by atoms with Gasteiger partial charge in [-0.15, -0.1) is 8.58 Å². The van der Waals surface area contributed by atoms with Crippen LogP contribution in [0.25, 0.3) is 0 Å². The normalized spacial score (nSPS) is 19.5. The van der Waals surface area contributed by atoms with Gasteiger partial charge in [0.15, 0.2) is 0 Å².